The van der Waals surface area contributed by atoms with E-state index >= 15 is 0 Å². The summed E-state index contributed by atoms with van der Waals surface area (Å²) in [5.74, 6) is 0.315. The summed E-state index contributed by atoms with van der Waals surface area (Å²) < 4.78 is 6.42. The lowest BCUT2D eigenvalue weighted by Crippen LogP contribution is -1.87. The zero-order chi connectivity index (χ0) is 14.2. The van der Waals surface area contributed by atoms with Crippen LogP contribution >= 0.6 is 11.3 Å². The van der Waals surface area contributed by atoms with E-state index in [0.717, 1.165) is 21.7 Å². The van der Waals surface area contributed by atoms with Gasteiger partial charge in [-0.3, -0.25) is 4.98 Å². The van der Waals surface area contributed by atoms with Gasteiger partial charge in [0.05, 0.1) is 10.4 Å². The molecule has 21 heavy (non-hydrogen) atoms. The molecule has 0 fully saturated rings. The lowest BCUT2D eigenvalue weighted by atomic mass is 10.1. The normalized spacial score (nSPS) is 11.0. The predicted octanol–water partition coefficient (Wildman–Crippen LogP) is 4.20. The number of rotatable bonds is 2. The van der Waals surface area contributed by atoms with Gasteiger partial charge in [-0.1, -0.05) is 29.4 Å². The van der Waals surface area contributed by atoms with E-state index in [1.165, 1.54) is 10.1 Å². The van der Waals surface area contributed by atoms with Gasteiger partial charge < -0.3 is 10.3 Å². The SMILES string of the molecule is Nc1onc(-c2cc3ccccc3s2)c1-c1cccnc1. The van der Waals surface area contributed by atoms with Gasteiger partial charge in [0.1, 0.15) is 5.69 Å². The van der Waals surface area contributed by atoms with Gasteiger partial charge in [0, 0.05) is 22.7 Å². The fraction of sp³-hybridized carbons (Fsp3) is 0. The molecule has 0 radical (unpaired) electrons. The summed E-state index contributed by atoms with van der Waals surface area (Å²) in [7, 11) is 0. The largest absolute Gasteiger partial charge is 0.367 e. The fourth-order valence-electron chi connectivity index (χ4n) is 2.36. The Hall–Kier alpha value is -2.66. The molecule has 1 aromatic carbocycles. The van der Waals surface area contributed by atoms with Gasteiger partial charge in [0.2, 0.25) is 5.88 Å². The smallest absolute Gasteiger partial charge is 0.230 e. The molecule has 0 spiro atoms. The van der Waals surface area contributed by atoms with Crippen LogP contribution < -0.4 is 5.73 Å². The fourth-order valence-corrected chi connectivity index (χ4v) is 3.41. The van der Waals surface area contributed by atoms with E-state index in [-0.39, 0.29) is 0 Å². The number of hydrogen-bond donors (Lipinski definition) is 1. The Labute approximate surface area is 124 Å². The molecule has 102 valence electrons. The molecule has 0 amide bonds. The topological polar surface area (TPSA) is 64.9 Å². The number of thiophene rings is 1. The minimum Gasteiger partial charge on any atom is -0.367 e. The van der Waals surface area contributed by atoms with E-state index in [1.807, 2.05) is 24.3 Å². The molecule has 0 saturated heterocycles. The summed E-state index contributed by atoms with van der Waals surface area (Å²) in [6, 6.07) is 14.2. The summed E-state index contributed by atoms with van der Waals surface area (Å²) in [6.07, 6.45) is 3.49. The number of benzene rings is 1. The number of fused-ring (bicyclic) bond motifs is 1. The Kier molecular flexibility index (Phi) is 2.72. The maximum Gasteiger partial charge on any atom is 0.230 e. The summed E-state index contributed by atoms with van der Waals surface area (Å²) >= 11 is 1.67. The highest BCUT2D eigenvalue weighted by atomic mass is 32.1. The first-order valence-corrected chi connectivity index (χ1v) is 7.29. The third kappa shape index (κ3) is 1.98. The van der Waals surface area contributed by atoms with Gasteiger partial charge >= 0.3 is 0 Å². The van der Waals surface area contributed by atoms with Crippen LogP contribution in [0.1, 0.15) is 0 Å². The second kappa shape index (κ2) is 4.71. The Morgan fingerprint density at radius 3 is 2.81 bits per heavy atom. The molecular formula is C16H11N3OS. The third-order valence-corrected chi connectivity index (χ3v) is 4.45. The molecule has 4 aromatic rings. The Morgan fingerprint density at radius 1 is 1.10 bits per heavy atom. The van der Waals surface area contributed by atoms with E-state index in [9.17, 15) is 0 Å². The summed E-state index contributed by atoms with van der Waals surface area (Å²) in [4.78, 5) is 5.18. The first kappa shape index (κ1) is 12.1. The van der Waals surface area contributed by atoms with Crippen molar-refractivity contribution in [1.82, 2.24) is 10.1 Å². The van der Waals surface area contributed by atoms with E-state index in [4.69, 9.17) is 10.3 Å². The number of nitrogens with two attached hydrogens (primary N) is 1. The summed E-state index contributed by atoms with van der Waals surface area (Å²) in [5.41, 5.74) is 8.42. The maximum absolute atomic E-state index is 5.95. The zero-order valence-electron chi connectivity index (χ0n) is 11.0. The summed E-state index contributed by atoms with van der Waals surface area (Å²) in [6.45, 7) is 0. The van der Waals surface area contributed by atoms with Crippen molar-refractivity contribution in [2.24, 2.45) is 0 Å². The van der Waals surface area contributed by atoms with Crippen LogP contribution in [-0.2, 0) is 0 Å². The first-order chi connectivity index (χ1) is 10.3. The van der Waals surface area contributed by atoms with Crippen molar-refractivity contribution in [2.75, 3.05) is 5.73 Å². The van der Waals surface area contributed by atoms with Crippen molar-refractivity contribution in [3.63, 3.8) is 0 Å². The molecule has 0 aliphatic rings. The van der Waals surface area contributed by atoms with Gasteiger partial charge in [0.15, 0.2) is 0 Å². The van der Waals surface area contributed by atoms with Crippen LogP contribution in [0.25, 0.3) is 31.8 Å². The number of nitrogen functional groups attached to an aromatic ring is 1. The van der Waals surface area contributed by atoms with Crippen LogP contribution in [-0.4, -0.2) is 10.1 Å². The standard InChI is InChI=1S/C16H11N3OS/c17-16-14(11-5-3-7-18-9-11)15(19-20-16)13-8-10-4-1-2-6-12(10)21-13/h1-9H,17H2. The van der Waals surface area contributed by atoms with Crippen molar-refractivity contribution in [2.45, 2.75) is 0 Å². The second-order valence-electron chi connectivity index (χ2n) is 4.66. The molecule has 0 bridgehead atoms. The van der Waals surface area contributed by atoms with Gasteiger partial charge in [-0.25, -0.2) is 0 Å². The molecule has 0 unspecified atom stereocenters. The quantitative estimate of drug-likeness (QED) is 0.601. The van der Waals surface area contributed by atoms with E-state index < -0.39 is 0 Å². The van der Waals surface area contributed by atoms with Crippen LogP contribution in [0.2, 0.25) is 0 Å². The molecule has 3 heterocycles. The van der Waals surface area contributed by atoms with Gasteiger partial charge in [-0.15, -0.1) is 11.3 Å². The van der Waals surface area contributed by atoms with E-state index in [1.54, 1.807) is 23.7 Å². The average Bonchev–Trinajstić information content (AvgIpc) is 3.11. The lowest BCUT2D eigenvalue weighted by Gasteiger charge is -1.99. The molecule has 0 saturated carbocycles. The molecule has 4 rings (SSSR count). The molecular weight excluding hydrogens is 282 g/mol. The number of nitrogens with zero attached hydrogens (tertiary/aromatic N) is 2. The van der Waals surface area contributed by atoms with Crippen molar-refractivity contribution >= 4 is 27.3 Å². The highest BCUT2D eigenvalue weighted by Crippen LogP contribution is 2.40. The maximum atomic E-state index is 5.95. The highest BCUT2D eigenvalue weighted by Gasteiger charge is 2.19. The third-order valence-electron chi connectivity index (χ3n) is 3.33. The van der Waals surface area contributed by atoms with Gasteiger partial charge in [-0.05, 0) is 23.6 Å². The number of pyridine rings is 1. The lowest BCUT2D eigenvalue weighted by molar-refractivity contribution is 0.439. The Balaban J connectivity index is 1.93. The second-order valence-corrected chi connectivity index (χ2v) is 5.74. The van der Waals surface area contributed by atoms with Crippen LogP contribution in [0.4, 0.5) is 5.88 Å². The zero-order valence-corrected chi connectivity index (χ0v) is 11.8. The minimum absolute atomic E-state index is 0.315. The number of anilines is 1. The first-order valence-electron chi connectivity index (χ1n) is 6.47. The molecule has 4 nitrogen and oxygen atoms in total. The van der Waals surface area contributed by atoms with Crippen LogP contribution in [0.3, 0.4) is 0 Å². The van der Waals surface area contributed by atoms with Crippen LogP contribution in [0.5, 0.6) is 0 Å². The molecule has 0 atom stereocenters. The van der Waals surface area contributed by atoms with Crippen LogP contribution in [0.15, 0.2) is 59.4 Å². The number of hydrogen-bond acceptors (Lipinski definition) is 5. The van der Waals surface area contributed by atoms with Crippen LogP contribution in [0, 0.1) is 0 Å². The van der Waals surface area contributed by atoms with E-state index in [0.29, 0.717) is 5.88 Å². The number of aromatic nitrogens is 2. The van der Waals surface area contributed by atoms with Crippen molar-refractivity contribution in [1.29, 1.82) is 0 Å². The van der Waals surface area contributed by atoms with Crippen molar-refractivity contribution in [3.8, 4) is 21.7 Å². The molecule has 2 N–H and O–H groups in total. The molecule has 0 aliphatic carbocycles. The Bertz CT molecular complexity index is 879. The average molecular weight is 293 g/mol. The minimum atomic E-state index is 0.315. The highest BCUT2D eigenvalue weighted by molar-refractivity contribution is 7.22. The summed E-state index contributed by atoms with van der Waals surface area (Å²) in [5, 5.41) is 5.33. The van der Waals surface area contributed by atoms with Gasteiger partial charge in [0.25, 0.3) is 0 Å². The monoisotopic (exact) mass is 293 g/mol. The Morgan fingerprint density at radius 2 is 2.00 bits per heavy atom. The molecule has 0 aliphatic heterocycles. The molecule has 5 heteroatoms. The van der Waals surface area contributed by atoms with Gasteiger partial charge in [-0.2, -0.15) is 0 Å². The predicted molar refractivity (Wildman–Crippen MR) is 85.0 cm³/mol. The molecule has 3 aromatic heterocycles. The van der Waals surface area contributed by atoms with Crippen molar-refractivity contribution in [3.05, 3.63) is 54.9 Å². The van der Waals surface area contributed by atoms with Crippen molar-refractivity contribution < 1.29 is 4.52 Å². The van der Waals surface area contributed by atoms with E-state index in [2.05, 4.69) is 28.3 Å².